The molecule has 36 heavy (non-hydrogen) atoms. The minimum atomic E-state index is -1.41. The van der Waals surface area contributed by atoms with Crippen LogP contribution in [0.4, 0.5) is 4.79 Å². The molecule has 0 fully saturated rings. The zero-order valence-electron chi connectivity index (χ0n) is 19.8. The van der Waals surface area contributed by atoms with Gasteiger partial charge in [-0.1, -0.05) is 12.1 Å². The summed E-state index contributed by atoms with van der Waals surface area (Å²) < 4.78 is 5.38. The number of rotatable bonds is 18. The van der Waals surface area contributed by atoms with E-state index in [4.69, 9.17) is 14.9 Å². The van der Waals surface area contributed by atoms with Crippen molar-refractivity contribution in [2.24, 2.45) is 0 Å². The van der Waals surface area contributed by atoms with Gasteiger partial charge in [-0.2, -0.15) is 0 Å². The Kier molecular flexibility index (Phi) is 12.7. The summed E-state index contributed by atoms with van der Waals surface area (Å²) >= 11 is 0. The molecule has 14 nitrogen and oxygen atoms in total. The Morgan fingerprint density at radius 2 is 1.28 bits per heavy atom. The number of hydrogen-bond acceptors (Lipinski definition) is 8. The average Bonchev–Trinajstić information content (AvgIpc) is 2.75. The van der Waals surface area contributed by atoms with Crippen LogP contribution in [0.5, 0.6) is 5.75 Å². The third kappa shape index (κ3) is 12.0. The number of hydrogen-bond donors (Lipinski definition) is 5. The minimum absolute atomic E-state index is 0.102. The van der Waals surface area contributed by atoms with E-state index in [0.717, 1.165) is 14.7 Å². The van der Waals surface area contributed by atoms with E-state index >= 15 is 0 Å². The van der Waals surface area contributed by atoms with Gasteiger partial charge in [-0.25, -0.2) is 4.79 Å². The zero-order valence-corrected chi connectivity index (χ0v) is 19.8. The molecule has 0 aliphatic rings. The number of benzene rings is 1. The first-order chi connectivity index (χ1) is 16.9. The standard InChI is InChI=1S/C22H31N3O11/c1-2-36-17-5-3-15(4-6-17)9-16(25(13-20(30)31)14-21(32)33)10-24(22(34)35)8-7-23(11-18(26)27)12-19(28)29/h3-6,16H,2,7-14H2,1H3,(H,26,27)(H,28,29)(H,30,31)(H,32,33)(H,34,35). The Morgan fingerprint density at radius 1 is 0.778 bits per heavy atom. The van der Waals surface area contributed by atoms with Crippen LogP contribution in [0.15, 0.2) is 24.3 Å². The van der Waals surface area contributed by atoms with E-state index in [1.807, 2.05) is 6.92 Å². The highest BCUT2D eigenvalue weighted by Gasteiger charge is 2.28. The molecule has 0 heterocycles. The van der Waals surface area contributed by atoms with Crippen molar-refractivity contribution < 1.29 is 54.2 Å². The second-order valence-corrected chi connectivity index (χ2v) is 7.85. The molecule has 14 heteroatoms. The molecule has 1 atom stereocenters. The Labute approximate surface area is 206 Å². The van der Waals surface area contributed by atoms with Crippen molar-refractivity contribution in [1.82, 2.24) is 14.7 Å². The van der Waals surface area contributed by atoms with Crippen LogP contribution in [0, 0.1) is 0 Å². The van der Waals surface area contributed by atoms with Crippen molar-refractivity contribution in [2.45, 2.75) is 19.4 Å². The Hall–Kier alpha value is -3.91. The van der Waals surface area contributed by atoms with Crippen molar-refractivity contribution in [3.8, 4) is 5.75 Å². The maximum Gasteiger partial charge on any atom is 0.407 e. The molecule has 1 unspecified atom stereocenters. The first-order valence-corrected chi connectivity index (χ1v) is 10.9. The quantitative estimate of drug-likeness (QED) is 0.174. The van der Waals surface area contributed by atoms with E-state index < -0.39 is 62.2 Å². The van der Waals surface area contributed by atoms with Crippen molar-refractivity contribution >= 4 is 30.0 Å². The first kappa shape index (κ1) is 30.1. The molecule has 0 aliphatic heterocycles. The molecule has 0 radical (unpaired) electrons. The summed E-state index contributed by atoms with van der Waals surface area (Å²) in [6.45, 7) is -1.13. The van der Waals surface area contributed by atoms with Gasteiger partial charge in [0.2, 0.25) is 0 Å². The van der Waals surface area contributed by atoms with Crippen LogP contribution >= 0.6 is 0 Å². The second-order valence-electron chi connectivity index (χ2n) is 7.85. The van der Waals surface area contributed by atoms with Crippen LogP contribution in [0.25, 0.3) is 0 Å². The lowest BCUT2D eigenvalue weighted by Crippen LogP contribution is -2.51. The predicted octanol–water partition coefficient (Wildman–Crippen LogP) is -0.0812. The van der Waals surface area contributed by atoms with Crippen molar-refractivity contribution in [2.75, 3.05) is 52.4 Å². The number of nitrogens with zero attached hydrogens (tertiary/aromatic N) is 3. The average molecular weight is 514 g/mol. The van der Waals surface area contributed by atoms with Gasteiger partial charge in [0.25, 0.3) is 0 Å². The van der Waals surface area contributed by atoms with Crippen LogP contribution in [0.2, 0.25) is 0 Å². The molecule has 200 valence electrons. The Bertz CT molecular complexity index is 875. The molecule has 5 N–H and O–H groups in total. The van der Waals surface area contributed by atoms with E-state index in [-0.39, 0.29) is 26.1 Å². The third-order valence-electron chi connectivity index (χ3n) is 5.00. The molecule has 1 aromatic carbocycles. The van der Waals surface area contributed by atoms with Crippen molar-refractivity contribution in [1.29, 1.82) is 0 Å². The SMILES string of the molecule is CCOc1ccc(CC(CN(CCN(CC(=O)O)CC(=O)O)C(=O)O)N(CC(=O)O)CC(=O)O)cc1. The number of amides is 1. The van der Waals surface area contributed by atoms with Crippen molar-refractivity contribution in [3.05, 3.63) is 29.8 Å². The highest BCUT2D eigenvalue weighted by molar-refractivity contribution is 5.73. The van der Waals surface area contributed by atoms with E-state index in [2.05, 4.69) is 0 Å². The van der Waals surface area contributed by atoms with Crippen LogP contribution in [0.1, 0.15) is 12.5 Å². The maximum atomic E-state index is 11.9. The molecule has 1 rings (SSSR count). The summed E-state index contributed by atoms with van der Waals surface area (Å²) in [6, 6.07) is 5.88. The van der Waals surface area contributed by atoms with Gasteiger partial charge in [-0.3, -0.25) is 29.0 Å². The molecule has 0 saturated carbocycles. The fourth-order valence-electron chi connectivity index (χ4n) is 3.51. The summed E-state index contributed by atoms with van der Waals surface area (Å²) in [4.78, 5) is 59.8. The van der Waals surface area contributed by atoms with Crippen LogP contribution in [-0.2, 0) is 25.6 Å². The van der Waals surface area contributed by atoms with Gasteiger partial charge in [-0.15, -0.1) is 0 Å². The van der Waals surface area contributed by atoms with Gasteiger partial charge in [0.05, 0.1) is 32.8 Å². The van der Waals surface area contributed by atoms with Gasteiger partial charge in [0.1, 0.15) is 5.75 Å². The van der Waals surface area contributed by atoms with Gasteiger partial charge in [-0.05, 0) is 31.0 Å². The molecule has 0 spiro atoms. The van der Waals surface area contributed by atoms with Gasteiger partial charge in [0.15, 0.2) is 0 Å². The molecule has 1 amide bonds. The first-order valence-electron chi connectivity index (χ1n) is 10.9. The normalized spacial score (nSPS) is 11.8. The Balaban J connectivity index is 3.17. The fraction of sp³-hybridized carbons (Fsp3) is 0.500. The summed E-state index contributed by atoms with van der Waals surface area (Å²) in [5, 5.41) is 46.3. The number of carboxylic acid groups (broad SMARTS) is 5. The smallest absolute Gasteiger partial charge is 0.407 e. The minimum Gasteiger partial charge on any atom is -0.494 e. The maximum absolute atomic E-state index is 11.9. The molecule has 0 bridgehead atoms. The lowest BCUT2D eigenvalue weighted by Gasteiger charge is -2.33. The highest BCUT2D eigenvalue weighted by atomic mass is 16.5. The topological polar surface area (TPSA) is 205 Å². The van der Waals surface area contributed by atoms with E-state index in [1.54, 1.807) is 24.3 Å². The van der Waals surface area contributed by atoms with Crippen molar-refractivity contribution in [3.63, 3.8) is 0 Å². The van der Waals surface area contributed by atoms with Crippen LogP contribution in [-0.4, -0.2) is 129 Å². The molecule has 0 saturated heterocycles. The number of ether oxygens (including phenoxy) is 1. The highest BCUT2D eigenvalue weighted by Crippen LogP contribution is 2.16. The van der Waals surface area contributed by atoms with Crippen LogP contribution < -0.4 is 4.74 Å². The van der Waals surface area contributed by atoms with Crippen LogP contribution in [0.3, 0.4) is 0 Å². The van der Waals surface area contributed by atoms with Gasteiger partial charge >= 0.3 is 30.0 Å². The van der Waals surface area contributed by atoms with Gasteiger partial charge in [0, 0.05) is 25.7 Å². The monoisotopic (exact) mass is 513 g/mol. The predicted molar refractivity (Wildman–Crippen MR) is 123 cm³/mol. The fourth-order valence-corrected chi connectivity index (χ4v) is 3.51. The largest absolute Gasteiger partial charge is 0.494 e. The molecule has 1 aromatic rings. The Morgan fingerprint density at radius 3 is 1.69 bits per heavy atom. The zero-order chi connectivity index (χ0) is 27.3. The second kappa shape index (κ2) is 15.2. The summed E-state index contributed by atoms with van der Waals surface area (Å²) in [5.41, 5.74) is 0.674. The lowest BCUT2D eigenvalue weighted by molar-refractivity contribution is -0.144. The molecule has 0 aliphatic carbocycles. The van der Waals surface area contributed by atoms with E-state index in [0.29, 0.717) is 17.9 Å². The molecular formula is C22H31N3O11. The third-order valence-corrected chi connectivity index (χ3v) is 5.00. The summed E-state index contributed by atoms with van der Waals surface area (Å²) in [7, 11) is 0. The van der Waals surface area contributed by atoms with E-state index in [1.165, 1.54) is 0 Å². The molecular weight excluding hydrogens is 482 g/mol. The lowest BCUT2D eigenvalue weighted by atomic mass is 10.0. The summed E-state index contributed by atoms with van der Waals surface area (Å²) in [6.07, 6.45) is -1.31. The summed E-state index contributed by atoms with van der Waals surface area (Å²) in [5.74, 6) is -4.59. The number of carbonyl (C=O) groups is 5. The van der Waals surface area contributed by atoms with Gasteiger partial charge < -0.3 is 35.2 Å². The molecule has 0 aromatic heterocycles. The number of carboxylic acids is 4. The number of aliphatic carboxylic acids is 4. The van der Waals surface area contributed by atoms with E-state index in [9.17, 15) is 39.3 Å².